The van der Waals surface area contributed by atoms with Crippen molar-refractivity contribution in [1.29, 1.82) is 0 Å². The van der Waals surface area contributed by atoms with Crippen LogP contribution in [0.2, 0.25) is 0 Å². The molecule has 14 heavy (non-hydrogen) atoms. The number of carbonyl (C=O) groups is 2. The van der Waals surface area contributed by atoms with Crippen molar-refractivity contribution in [2.75, 3.05) is 26.2 Å². The first-order chi connectivity index (χ1) is 6.77. The molecule has 0 aromatic carbocycles. The maximum Gasteiger partial charge on any atom is 0.317 e. The Hall–Kier alpha value is -1.26. The van der Waals surface area contributed by atoms with E-state index in [0.717, 1.165) is 25.9 Å². The molecule has 1 aliphatic heterocycles. The van der Waals surface area contributed by atoms with E-state index in [1.54, 1.807) is 4.90 Å². The lowest BCUT2D eigenvalue weighted by Crippen LogP contribution is -2.37. The van der Waals surface area contributed by atoms with Crippen molar-refractivity contribution in [2.45, 2.75) is 12.8 Å². The smallest absolute Gasteiger partial charge is 0.317 e. The Morgan fingerprint density at radius 1 is 1.57 bits per heavy atom. The second-order valence-electron chi connectivity index (χ2n) is 3.78. The molecular formula is C9H15N3O2. The van der Waals surface area contributed by atoms with Crippen LogP contribution in [0.4, 0.5) is 4.79 Å². The van der Waals surface area contributed by atoms with Gasteiger partial charge in [0.25, 0.3) is 0 Å². The van der Waals surface area contributed by atoms with Crippen molar-refractivity contribution in [3.8, 4) is 0 Å². The van der Waals surface area contributed by atoms with Crippen molar-refractivity contribution >= 4 is 11.9 Å². The fourth-order valence-electron chi connectivity index (χ4n) is 1.53. The minimum atomic E-state index is -0.0225. The van der Waals surface area contributed by atoms with Crippen molar-refractivity contribution < 1.29 is 9.59 Å². The fourth-order valence-corrected chi connectivity index (χ4v) is 1.53. The molecule has 1 aliphatic carbocycles. The van der Waals surface area contributed by atoms with Gasteiger partial charge in [0.05, 0.1) is 0 Å². The number of amides is 3. The van der Waals surface area contributed by atoms with Crippen LogP contribution in [-0.4, -0.2) is 43.0 Å². The van der Waals surface area contributed by atoms with Crippen LogP contribution in [0.25, 0.3) is 0 Å². The maximum absolute atomic E-state index is 11.2. The van der Waals surface area contributed by atoms with Crippen LogP contribution in [0.15, 0.2) is 0 Å². The maximum atomic E-state index is 11.2. The quantitative estimate of drug-likeness (QED) is 0.640. The highest BCUT2D eigenvalue weighted by molar-refractivity contribution is 5.81. The summed E-state index contributed by atoms with van der Waals surface area (Å²) in [4.78, 5) is 24.0. The highest BCUT2D eigenvalue weighted by atomic mass is 16.2. The molecule has 1 heterocycles. The van der Waals surface area contributed by atoms with Gasteiger partial charge in [-0.3, -0.25) is 4.79 Å². The summed E-state index contributed by atoms with van der Waals surface area (Å²) in [5, 5.41) is 5.55. The summed E-state index contributed by atoms with van der Waals surface area (Å²) < 4.78 is 0. The molecule has 3 amide bonds. The standard InChI is InChI=1S/C9H15N3O2/c13-8(7-1-2-7)10-3-5-12-6-4-11-9(12)14/h7H,1-6H2,(H,10,13)(H,11,14). The summed E-state index contributed by atoms with van der Waals surface area (Å²) in [5.41, 5.74) is 0. The number of nitrogens with one attached hydrogen (secondary N) is 2. The molecule has 2 N–H and O–H groups in total. The minimum absolute atomic E-state index is 0.0225. The van der Waals surface area contributed by atoms with E-state index in [2.05, 4.69) is 10.6 Å². The first kappa shape index (κ1) is 9.30. The number of nitrogens with zero attached hydrogens (tertiary/aromatic N) is 1. The molecule has 1 saturated heterocycles. The van der Waals surface area contributed by atoms with E-state index in [9.17, 15) is 9.59 Å². The van der Waals surface area contributed by atoms with Gasteiger partial charge in [-0.15, -0.1) is 0 Å². The summed E-state index contributed by atoms with van der Waals surface area (Å²) in [6, 6.07) is -0.0225. The Labute approximate surface area is 82.8 Å². The van der Waals surface area contributed by atoms with Gasteiger partial charge in [0.2, 0.25) is 5.91 Å². The van der Waals surface area contributed by atoms with Gasteiger partial charge in [0.15, 0.2) is 0 Å². The van der Waals surface area contributed by atoms with Crippen LogP contribution in [0.5, 0.6) is 0 Å². The van der Waals surface area contributed by atoms with Crippen LogP contribution in [-0.2, 0) is 4.79 Å². The van der Waals surface area contributed by atoms with Crippen molar-refractivity contribution in [1.82, 2.24) is 15.5 Å². The van der Waals surface area contributed by atoms with E-state index in [-0.39, 0.29) is 17.9 Å². The number of hydrogen-bond acceptors (Lipinski definition) is 2. The zero-order valence-corrected chi connectivity index (χ0v) is 8.08. The predicted octanol–water partition coefficient (Wildman–Crippen LogP) is -0.462. The molecule has 0 bridgehead atoms. The zero-order chi connectivity index (χ0) is 9.97. The van der Waals surface area contributed by atoms with Crippen molar-refractivity contribution in [2.24, 2.45) is 5.92 Å². The van der Waals surface area contributed by atoms with Gasteiger partial charge in [-0.1, -0.05) is 0 Å². The second-order valence-corrected chi connectivity index (χ2v) is 3.78. The van der Waals surface area contributed by atoms with Crippen LogP contribution in [0.1, 0.15) is 12.8 Å². The van der Waals surface area contributed by atoms with Gasteiger partial charge in [-0.05, 0) is 12.8 Å². The van der Waals surface area contributed by atoms with Crippen LogP contribution < -0.4 is 10.6 Å². The normalized spacial score (nSPS) is 20.9. The predicted molar refractivity (Wildman–Crippen MR) is 50.7 cm³/mol. The summed E-state index contributed by atoms with van der Waals surface area (Å²) in [7, 11) is 0. The molecule has 78 valence electrons. The topological polar surface area (TPSA) is 61.4 Å². The number of rotatable bonds is 4. The Bertz CT molecular complexity index is 250. The molecule has 0 spiro atoms. The van der Waals surface area contributed by atoms with E-state index >= 15 is 0 Å². The van der Waals surface area contributed by atoms with Gasteiger partial charge in [-0.25, -0.2) is 4.79 Å². The van der Waals surface area contributed by atoms with Crippen LogP contribution in [0, 0.1) is 5.92 Å². The largest absolute Gasteiger partial charge is 0.354 e. The molecule has 5 nitrogen and oxygen atoms in total. The van der Waals surface area contributed by atoms with E-state index in [0.29, 0.717) is 13.1 Å². The molecule has 0 aromatic rings. The van der Waals surface area contributed by atoms with Gasteiger partial charge in [-0.2, -0.15) is 0 Å². The summed E-state index contributed by atoms with van der Waals surface area (Å²) in [5.74, 6) is 0.395. The highest BCUT2D eigenvalue weighted by Gasteiger charge is 2.29. The second kappa shape index (κ2) is 3.86. The first-order valence-electron chi connectivity index (χ1n) is 5.08. The Kier molecular flexibility index (Phi) is 2.56. The number of carbonyl (C=O) groups excluding carboxylic acids is 2. The molecule has 5 heteroatoms. The molecule has 0 atom stereocenters. The molecule has 2 fully saturated rings. The molecule has 0 unspecified atom stereocenters. The Morgan fingerprint density at radius 3 is 2.93 bits per heavy atom. The highest BCUT2D eigenvalue weighted by Crippen LogP contribution is 2.28. The van der Waals surface area contributed by atoms with Gasteiger partial charge in [0, 0.05) is 32.1 Å². The van der Waals surface area contributed by atoms with Gasteiger partial charge in [0.1, 0.15) is 0 Å². The lowest BCUT2D eigenvalue weighted by atomic mass is 10.4. The fraction of sp³-hybridized carbons (Fsp3) is 0.778. The SMILES string of the molecule is O=C(NCCN1CCNC1=O)C1CC1. The Balaban J connectivity index is 1.62. The average Bonchev–Trinajstić information content (AvgIpc) is 2.93. The average molecular weight is 197 g/mol. The first-order valence-corrected chi connectivity index (χ1v) is 5.08. The minimum Gasteiger partial charge on any atom is -0.354 e. The molecule has 0 radical (unpaired) electrons. The third-order valence-corrected chi connectivity index (χ3v) is 2.57. The van der Waals surface area contributed by atoms with E-state index in [1.165, 1.54) is 0 Å². The van der Waals surface area contributed by atoms with Gasteiger partial charge >= 0.3 is 6.03 Å². The summed E-state index contributed by atoms with van der Waals surface area (Å²) in [6.07, 6.45) is 2.05. The summed E-state index contributed by atoms with van der Waals surface area (Å²) in [6.45, 7) is 2.65. The third kappa shape index (κ3) is 2.16. The number of urea groups is 1. The van der Waals surface area contributed by atoms with Crippen LogP contribution >= 0.6 is 0 Å². The van der Waals surface area contributed by atoms with E-state index in [1.807, 2.05) is 0 Å². The number of hydrogen-bond donors (Lipinski definition) is 2. The van der Waals surface area contributed by atoms with Crippen LogP contribution in [0.3, 0.4) is 0 Å². The molecule has 2 rings (SSSR count). The van der Waals surface area contributed by atoms with Crippen molar-refractivity contribution in [3.05, 3.63) is 0 Å². The molecule has 0 aromatic heterocycles. The van der Waals surface area contributed by atoms with Crippen molar-refractivity contribution in [3.63, 3.8) is 0 Å². The lowest BCUT2D eigenvalue weighted by Gasteiger charge is -2.13. The van der Waals surface area contributed by atoms with Gasteiger partial charge < -0.3 is 15.5 Å². The monoisotopic (exact) mass is 197 g/mol. The molecule has 1 saturated carbocycles. The third-order valence-electron chi connectivity index (χ3n) is 2.57. The van der Waals surface area contributed by atoms with E-state index in [4.69, 9.17) is 0 Å². The molecular weight excluding hydrogens is 182 g/mol. The Morgan fingerprint density at radius 2 is 2.36 bits per heavy atom. The lowest BCUT2D eigenvalue weighted by molar-refractivity contribution is -0.122. The zero-order valence-electron chi connectivity index (χ0n) is 8.08. The molecule has 2 aliphatic rings. The van der Waals surface area contributed by atoms with E-state index < -0.39 is 0 Å². The summed E-state index contributed by atoms with van der Waals surface area (Å²) >= 11 is 0.